The maximum Gasteiger partial charge on any atom is 0.326 e. The SMILES string of the molecule is COc1cc(-c2nc(-c3ccc4c(c3)[nH]c(=O)n4C(C)C)no2)cc(OC)c1OC. The molecule has 0 aliphatic rings. The molecule has 9 heteroatoms. The van der Waals surface area contributed by atoms with Crippen LogP contribution in [0.5, 0.6) is 17.2 Å². The maximum absolute atomic E-state index is 12.2. The summed E-state index contributed by atoms with van der Waals surface area (Å²) in [6.07, 6.45) is 0. The molecule has 0 aliphatic carbocycles. The first-order valence-corrected chi connectivity index (χ1v) is 9.35. The number of rotatable bonds is 6. The van der Waals surface area contributed by atoms with Crippen LogP contribution in [0.15, 0.2) is 39.6 Å². The average Bonchev–Trinajstić information content (AvgIpc) is 3.35. The molecule has 0 unspecified atom stereocenters. The topological polar surface area (TPSA) is 104 Å². The van der Waals surface area contributed by atoms with Crippen LogP contribution in [0, 0.1) is 0 Å². The number of hydrogen-bond donors (Lipinski definition) is 1. The first-order chi connectivity index (χ1) is 14.5. The number of aromatic nitrogens is 4. The Balaban J connectivity index is 1.75. The molecule has 4 rings (SSSR count). The molecule has 0 saturated carbocycles. The molecule has 0 amide bonds. The lowest BCUT2D eigenvalue weighted by Gasteiger charge is -2.12. The molecule has 2 aromatic heterocycles. The second-order valence-electron chi connectivity index (χ2n) is 6.96. The number of nitrogens with one attached hydrogen (secondary N) is 1. The predicted octanol–water partition coefficient (Wildman–Crippen LogP) is 3.65. The number of imidazole rings is 1. The molecule has 30 heavy (non-hydrogen) atoms. The Hall–Kier alpha value is -3.75. The first-order valence-electron chi connectivity index (χ1n) is 9.35. The van der Waals surface area contributed by atoms with Crippen LogP contribution in [0.4, 0.5) is 0 Å². The smallest absolute Gasteiger partial charge is 0.326 e. The summed E-state index contributed by atoms with van der Waals surface area (Å²) in [5, 5.41) is 4.09. The number of H-pyrrole nitrogens is 1. The lowest BCUT2D eigenvalue weighted by atomic mass is 10.1. The van der Waals surface area contributed by atoms with Gasteiger partial charge in [-0.3, -0.25) is 4.57 Å². The van der Waals surface area contributed by atoms with Gasteiger partial charge in [-0.1, -0.05) is 5.16 Å². The third kappa shape index (κ3) is 3.18. The molecule has 2 aromatic carbocycles. The van der Waals surface area contributed by atoms with Crippen molar-refractivity contribution in [2.75, 3.05) is 21.3 Å². The van der Waals surface area contributed by atoms with Crippen molar-refractivity contribution in [2.24, 2.45) is 0 Å². The highest BCUT2D eigenvalue weighted by Gasteiger charge is 2.19. The number of aromatic amines is 1. The average molecular weight is 410 g/mol. The van der Waals surface area contributed by atoms with Gasteiger partial charge in [-0.15, -0.1) is 0 Å². The Morgan fingerprint density at radius 1 is 1.00 bits per heavy atom. The zero-order valence-electron chi connectivity index (χ0n) is 17.3. The van der Waals surface area contributed by atoms with Crippen LogP contribution in [-0.2, 0) is 0 Å². The zero-order chi connectivity index (χ0) is 21.4. The summed E-state index contributed by atoms with van der Waals surface area (Å²) in [6, 6.07) is 9.09. The number of hydrogen-bond acceptors (Lipinski definition) is 7. The highest BCUT2D eigenvalue weighted by atomic mass is 16.5. The molecule has 0 aliphatic heterocycles. The summed E-state index contributed by atoms with van der Waals surface area (Å²) in [4.78, 5) is 19.6. The minimum Gasteiger partial charge on any atom is -0.493 e. The maximum atomic E-state index is 12.2. The minimum atomic E-state index is -0.150. The standard InChI is InChI=1S/C21H22N4O5/c1-11(2)25-15-7-6-12(8-14(15)22-21(25)26)19-23-20(30-24-19)13-9-16(27-3)18(29-5)17(10-13)28-4/h6-11H,1-5H3,(H,22,26). The van der Waals surface area contributed by atoms with Gasteiger partial charge in [0.1, 0.15) is 0 Å². The van der Waals surface area contributed by atoms with E-state index in [0.29, 0.717) is 40.0 Å². The number of benzene rings is 2. The molecule has 0 bridgehead atoms. The van der Waals surface area contributed by atoms with Gasteiger partial charge < -0.3 is 23.7 Å². The van der Waals surface area contributed by atoms with Gasteiger partial charge in [0, 0.05) is 17.2 Å². The molecular weight excluding hydrogens is 388 g/mol. The summed E-state index contributed by atoms with van der Waals surface area (Å²) in [7, 11) is 4.62. The first kappa shape index (κ1) is 19.6. The quantitative estimate of drug-likeness (QED) is 0.517. The minimum absolute atomic E-state index is 0.0499. The van der Waals surface area contributed by atoms with E-state index >= 15 is 0 Å². The van der Waals surface area contributed by atoms with E-state index in [9.17, 15) is 4.79 Å². The van der Waals surface area contributed by atoms with Crippen LogP contribution < -0.4 is 19.9 Å². The van der Waals surface area contributed by atoms with Crippen molar-refractivity contribution in [3.8, 4) is 40.1 Å². The van der Waals surface area contributed by atoms with Crippen molar-refractivity contribution in [1.82, 2.24) is 19.7 Å². The monoisotopic (exact) mass is 410 g/mol. The molecular formula is C21H22N4O5. The number of ether oxygens (including phenoxy) is 3. The van der Waals surface area contributed by atoms with Crippen LogP contribution in [0.3, 0.4) is 0 Å². The van der Waals surface area contributed by atoms with Crippen molar-refractivity contribution in [2.45, 2.75) is 19.9 Å². The van der Waals surface area contributed by atoms with Gasteiger partial charge in [0.05, 0.1) is 32.4 Å². The summed E-state index contributed by atoms with van der Waals surface area (Å²) >= 11 is 0. The fourth-order valence-electron chi connectivity index (χ4n) is 3.45. The van der Waals surface area contributed by atoms with Gasteiger partial charge in [0.25, 0.3) is 5.89 Å². The van der Waals surface area contributed by atoms with Gasteiger partial charge >= 0.3 is 5.69 Å². The van der Waals surface area contributed by atoms with Gasteiger partial charge in [-0.2, -0.15) is 4.98 Å². The molecule has 4 aromatic rings. The van der Waals surface area contributed by atoms with E-state index < -0.39 is 0 Å². The van der Waals surface area contributed by atoms with Crippen molar-refractivity contribution in [1.29, 1.82) is 0 Å². The Morgan fingerprint density at radius 3 is 2.30 bits per heavy atom. The second-order valence-corrected chi connectivity index (χ2v) is 6.96. The number of methoxy groups -OCH3 is 3. The van der Waals surface area contributed by atoms with Crippen LogP contribution in [0.1, 0.15) is 19.9 Å². The summed E-state index contributed by atoms with van der Waals surface area (Å²) in [5.74, 6) is 2.16. The van der Waals surface area contributed by atoms with Crippen LogP contribution >= 0.6 is 0 Å². The van der Waals surface area contributed by atoms with Crippen molar-refractivity contribution < 1.29 is 18.7 Å². The van der Waals surface area contributed by atoms with Gasteiger partial charge in [0.2, 0.25) is 11.6 Å². The molecule has 2 heterocycles. The largest absolute Gasteiger partial charge is 0.493 e. The predicted molar refractivity (Wildman–Crippen MR) is 111 cm³/mol. The van der Waals surface area contributed by atoms with Crippen LogP contribution in [-0.4, -0.2) is 41.0 Å². The van der Waals surface area contributed by atoms with Crippen LogP contribution in [0.25, 0.3) is 33.9 Å². The Morgan fingerprint density at radius 2 is 1.70 bits per heavy atom. The summed E-state index contributed by atoms with van der Waals surface area (Å²) in [5.41, 5.74) is 2.74. The molecule has 0 spiro atoms. The molecule has 0 atom stereocenters. The van der Waals surface area contributed by atoms with Crippen molar-refractivity contribution >= 4 is 11.0 Å². The second kappa shape index (κ2) is 7.58. The van der Waals surface area contributed by atoms with Gasteiger partial charge in [0.15, 0.2) is 11.5 Å². The highest BCUT2D eigenvalue weighted by molar-refractivity contribution is 5.81. The Bertz CT molecular complexity index is 1240. The lowest BCUT2D eigenvalue weighted by molar-refractivity contribution is 0.324. The summed E-state index contributed by atoms with van der Waals surface area (Å²) < 4.78 is 23.3. The molecule has 156 valence electrons. The third-order valence-electron chi connectivity index (χ3n) is 4.83. The van der Waals surface area contributed by atoms with E-state index in [1.807, 2.05) is 32.0 Å². The molecule has 1 N–H and O–H groups in total. The summed E-state index contributed by atoms with van der Waals surface area (Å²) in [6.45, 7) is 3.93. The van der Waals surface area contributed by atoms with E-state index in [-0.39, 0.29) is 11.7 Å². The van der Waals surface area contributed by atoms with Crippen molar-refractivity contribution in [3.05, 3.63) is 40.8 Å². The Kier molecular flexibility index (Phi) is 4.94. The van der Waals surface area contributed by atoms with Crippen LogP contribution in [0.2, 0.25) is 0 Å². The van der Waals surface area contributed by atoms with E-state index in [1.54, 1.807) is 30.9 Å². The molecule has 0 saturated heterocycles. The Labute approximate surface area is 172 Å². The van der Waals surface area contributed by atoms with E-state index in [2.05, 4.69) is 15.1 Å². The third-order valence-corrected chi connectivity index (χ3v) is 4.83. The zero-order valence-corrected chi connectivity index (χ0v) is 17.3. The van der Waals surface area contributed by atoms with Gasteiger partial charge in [-0.05, 0) is 44.2 Å². The number of nitrogens with zero attached hydrogens (tertiary/aromatic N) is 3. The van der Waals surface area contributed by atoms with Crippen molar-refractivity contribution in [3.63, 3.8) is 0 Å². The molecule has 0 fully saturated rings. The van der Waals surface area contributed by atoms with E-state index in [4.69, 9.17) is 18.7 Å². The molecule has 9 nitrogen and oxygen atoms in total. The fraction of sp³-hybridized carbons (Fsp3) is 0.286. The highest BCUT2D eigenvalue weighted by Crippen LogP contribution is 2.41. The van der Waals surface area contributed by atoms with E-state index in [0.717, 1.165) is 11.1 Å². The van der Waals surface area contributed by atoms with Gasteiger partial charge in [-0.25, -0.2) is 4.79 Å². The fourth-order valence-corrected chi connectivity index (χ4v) is 3.45. The number of fused-ring (bicyclic) bond motifs is 1. The lowest BCUT2D eigenvalue weighted by Crippen LogP contribution is -2.18. The molecule has 0 radical (unpaired) electrons. The normalized spacial score (nSPS) is 11.3. The van der Waals surface area contributed by atoms with E-state index in [1.165, 1.54) is 7.11 Å².